The van der Waals surface area contributed by atoms with Crippen molar-refractivity contribution in [1.82, 2.24) is 4.72 Å². The summed E-state index contributed by atoms with van der Waals surface area (Å²) in [7, 11) is -2.50. The van der Waals surface area contributed by atoms with E-state index in [1.165, 1.54) is 19.2 Å². The van der Waals surface area contributed by atoms with Gasteiger partial charge in [-0.05, 0) is 25.2 Å². The molecule has 1 rings (SSSR count). The minimum Gasteiger partial charge on any atom is -0.478 e. The first kappa shape index (κ1) is 11.5. The van der Waals surface area contributed by atoms with Crippen LogP contribution in [0, 0.1) is 0 Å². The Morgan fingerprint density at radius 3 is 2.53 bits per heavy atom. The van der Waals surface area contributed by atoms with E-state index in [2.05, 4.69) is 4.72 Å². The lowest BCUT2D eigenvalue weighted by atomic mass is 10.2. The van der Waals surface area contributed by atoms with Gasteiger partial charge in [0.25, 0.3) is 0 Å². The Labute approximate surface area is 86.8 Å². The van der Waals surface area contributed by atoms with Gasteiger partial charge < -0.3 is 10.8 Å². The second-order valence-electron chi connectivity index (χ2n) is 2.77. The number of sulfonamides is 1. The number of nitrogens with one attached hydrogen (secondary N) is 1. The quantitative estimate of drug-likeness (QED) is 0.627. The Morgan fingerprint density at radius 2 is 2.07 bits per heavy atom. The molecule has 0 heterocycles. The number of carboxylic acid groups (broad SMARTS) is 1. The lowest BCUT2D eigenvalue weighted by molar-refractivity contribution is 0.0696. The minimum atomic E-state index is -3.72. The molecule has 0 unspecified atom stereocenters. The van der Waals surface area contributed by atoms with Gasteiger partial charge in [0.1, 0.15) is 4.90 Å². The zero-order valence-corrected chi connectivity index (χ0v) is 8.71. The summed E-state index contributed by atoms with van der Waals surface area (Å²) in [6.45, 7) is 0. The Morgan fingerprint density at radius 1 is 1.47 bits per heavy atom. The van der Waals surface area contributed by atoms with Crippen LogP contribution in [-0.4, -0.2) is 26.5 Å². The number of hydrogen-bond acceptors (Lipinski definition) is 4. The van der Waals surface area contributed by atoms with Crippen molar-refractivity contribution < 1.29 is 18.3 Å². The number of nitrogen functional groups attached to an aromatic ring is 1. The average molecular weight is 230 g/mol. The predicted octanol–water partition coefficient (Wildman–Crippen LogP) is -0.125. The normalized spacial score (nSPS) is 11.3. The summed E-state index contributed by atoms with van der Waals surface area (Å²) < 4.78 is 24.9. The number of benzene rings is 1. The monoisotopic (exact) mass is 230 g/mol. The van der Waals surface area contributed by atoms with Gasteiger partial charge in [0.15, 0.2) is 0 Å². The van der Waals surface area contributed by atoms with Crippen molar-refractivity contribution in [2.45, 2.75) is 4.90 Å². The summed E-state index contributed by atoms with van der Waals surface area (Å²) in [6, 6.07) is 3.50. The largest absolute Gasteiger partial charge is 0.478 e. The van der Waals surface area contributed by atoms with E-state index in [1.807, 2.05) is 0 Å². The van der Waals surface area contributed by atoms with Crippen LogP contribution >= 0.6 is 0 Å². The molecule has 0 fully saturated rings. The van der Waals surface area contributed by atoms with Gasteiger partial charge in [0.2, 0.25) is 10.0 Å². The Hall–Kier alpha value is -1.60. The van der Waals surface area contributed by atoms with Crippen LogP contribution in [0.25, 0.3) is 0 Å². The molecule has 0 aliphatic rings. The molecule has 0 spiro atoms. The molecule has 0 aliphatic heterocycles. The van der Waals surface area contributed by atoms with Gasteiger partial charge in [-0.1, -0.05) is 0 Å². The van der Waals surface area contributed by atoms with E-state index in [0.717, 1.165) is 6.07 Å². The maximum atomic E-state index is 11.4. The van der Waals surface area contributed by atoms with Gasteiger partial charge in [-0.2, -0.15) is 0 Å². The maximum Gasteiger partial charge on any atom is 0.335 e. The Kier molecular flexibility index (Phi) is 2.96. The summed E-state index contributed by atoms with van der Waals surface area (Å²) >= 11 is 0. The van der Waals surface area contributed by atoms with Crippen molar-refractivity contribution in [3.8, 4) is 0 Å². The van der Waals surface area contributed by atoms with E-state index < -0.39 is 16.0 Å². The van der Waals surface area contributed by atoms with E-state index in [4.69, 9.17) is 10.8 Å². The van der Waals surface area contributed by atoms with Gasteiger partial charge >= 0.3 is 5.97 Å². The molecule has 0 aliphatic carbocycles. The molecule has 0 bridgehead atoms. The zero-order valence-electron chi connectivity index (χ0n) is 7.89. The van der Waals surface area contributed by atoms with Gasteiger partial charge in [-0.25, -0.2) is 17.9 Å². The van der Waals surface area contributed by atoms with Crippen LogP contribution in [0.3, 0.4) is 0 Å². The number of rotatable bonds is 3. The summed E-state index contributed by atoms with van der Waals surface area (Å²) in [5.74, 6) is -1.21. The summed E-state index contributed by atoms with van der Waals surface area (Å²) in [6.07, 6.45) is 0. The third kappa shape index (κ3) is 2.25. The molecule has 0 amide bonds. The van der Waals surface area contributed by atoms with Crippen LogP contribution in [0.2, 0.25) is 0 Å². The number of carbonyl (C=O) groups is 1. The highest BCUT2D eigenvalue weighted by molar-refractivity contribution is 7.89. The fourth-order valence-corrected chi connectivity index (χ4v) is 1.89. The summed E-state index contributed by atoms with van der Waals surface area (Å²) in [4.78, 5) is 10.4. The molecule has 1 aromatic rings. The third-order valence-corrected chi connectivity index (χ3v) is 3.29. The van der Waals surface area contributed by atoms with Gasteiger partial charge in [0.05, 0.1) is 11.3 Å². The molecule has 6 nitrogen and oxygen atoms in total. The predicted molar refractivity (Wildman–Crippen MR) is 54.1 cm³/mol. The first-order chi connectivity index (χ1) is 6.88. The van der Waals surface area contributed by atoms with Crippen molar-refractivity contribution in [3.63, 3.8) is 0 Å². The van der Waals surface area contributed by atoms with Crippen molar-refractivity contribution in [3.05, 3.63) is 23.8 Å². The van der Waals surface area contributed by atoms with Crippen LogP contribution in [0.5, 0.6) is 0 Å². The molecule has 0 atom stereocenters. The maximum absolute atomic E-state index is 11.4. The number of carboxylic acids is 1. The molecule has 15 heavy (non-hydrogen) atoms. The molecular weight excluding hydrogens is 220 g/mol. The highest BCUT2D eigenvalue weighted by atomic mass is 32.2. The van der Waals surface area contributed by atoms with Gasteiger partial charge in [-0.15, -0.1) is 0 Å². The lowest BCUT2D eigenvalue weighted by Crippen LogP contribution is -2.20. The minimum absolute atomic E-state index is 0.00866. The van der Waals surface area contributed by atoms with Crippen molar-refractivity contribution >= 4 is 21.7 Å². The third-order valence-electron chi connectivity index (χ3n) is 1.82. The van der Waals surface area contributed by atoms with Crippen LogP contribution in [0.1, 0.15) is 10.4 Å². The van der Waals surface area contributed by atoms with Gasteiger partial charge in [-0.3, -0.25) is 0 Å². The average Bonchev–Trinajstić information content (AvgIpc) is 2.17. The zero-order chi connectivity index (χ0) is 11.6. The molecule has 0 aromatic heterocycles. The van der Waals surface area contributed by atoms with Gasteiger partial charge in [0, 0.05) is 0 Å². The number of hydrogen-bond donors (Lipinski definition) is 3. The van der Waals surface area contributed by atoms with Crippen LogP contribution in [-0.2, 0) is 10.0 Å². The molecule has 4 N–H and O–H groups in total. The summed E-state index contributed by atoms with van der Waals surface area (Å²) in [5, 5.41) is 8.68. The molecule has 82 valence electrons. The Bertz CT molecular complexity index is 495. The second-order valence-corrected chi connectivity index (χ2v) is 4.62. The van der Waals surface area contributed by atoms with Crippen molar-refractivity contribution in [2.75, 3.05) is 12.8 Å². The number of nitrogens with two attached hydrogens (primary N) is 1. The van der Waals surface area contributed by atoms with Crippen LogP contribution in [0.15, 0.2) is 23.1 Å². The first-order valence-corrected chi connectivity index (χ1v) is 5.43. The molecule has 0 saturated carbocycles. The van der Waals surface area contributed by atoms with E-state index in [9.17, 15) is 13.2 Å². The van der Waals surface area contributed by atoms with Crippen molar-refractivity contribution in [2.24, 2.45) is 0 Å². The highest BCUT2D eigenvalue weighted by Crippen LogP contribution is 2.19. The van der Waals surface area contributed by atoms with E-state index in [-0.39, 0.29) is 16.1 Å². The van der Waals surface area contributed by atoms with E-state index in [1.54, 1.807) is 0 Å². The SMILES string of the molecule is CNS(=O)(=O)c1cc(C(=O)O)ccc1N. The Balaban J connectivity index is 3.42. The van der Waals surface area contributed by atoms with E-state index >= 15 is 0 Å². The lowest BCUT2D eigenvalue weighted by Gasteiger charge is -2.06. The topological polar surface area (TPSA) is 109 Å². The first-order valence-electron chi connectivity index (χ1n) is 3.95. The second kappa shape index (κ2) is 3.87. The molecule has 1 aromatic carbocycles. The fraction of sp³-hybridized carbons (Fsp3) is 0.125. The fourth-order valence-electron chi connectivity index (χ4n) is 1.01. The van der Waals surface area contributed by atoms with E-state index in [0.29, 0.717) is 0 Å². The highest BCUT2D eigenvalue weighted by Gasteiger charge is 2.17. The van der Waals surface area contributed by atoms with Crippen molar-refractivity contribution in [1.29, 1.82) is 0 Å². The molecule has 0 saturated heterocycles. The molecule has 7 heteroatoms. The number of aromatic carboxylic acids is 1. The summed E-state index contributed by atoms with van der Waals surface area (Å²) in [5.41, 5.74) is 5.32. The smallest absolute Gasteiger partial charge is 0.335 e. The van der Waals surface area contributed by atoms with Crippen LogP contribution in [0.4, 0.5) is 5.69 Å². The standard InChI is InChI=1S/C8H10N2O4S/c1-10-15(13,14)7-4-5(8(11)12)2-3-6(7)9/h2-4,10H,9H2,1H3,(H,11,12). The molecule has 0 radical (unpaired) electrons. The van der Waals surface area contributed by atoms with Crippen LogP contribution < -0.4 is 10.5 Å². The molecular formula is C8H10N2O4S. The number of anilines is 1.